The lowest BCUT2D eigenvalue weighted by Gasteiger charge is -1.99. The van der Waals surface area contributed by atoms with Crippen LogP contribution in [0.1, 0.15) is 16.3 Å². The highest BCUT2D eigenvalue weighted by atomic mass is 16.2. The summed E-state index contributed by atoms with van der Waals surface area (Å²) in [6.07, 6.45) is 2.53. The van der Waals surface area contributed by atoms with Gasteiger partial charge in [0.15, 0.2) is 0 Å². The summed E-state index contributed by atoms with van der Waals surface area (Å²) in [7, 11) is 1.85. The molecule has 1 amide bonds. The molecule has 0 radical (unpaired) electrons. The molecule has 8 nitrogen and oxygen atoms in total. The zero-order valence-electron chi connectivity index (χ0n) is 8.71. The molecule has 0 bridgehead atoms. The van der Waals surface area contributed by atoms with Gasteiger partial charge in [-0.2, -0.15) is 10.3 Å². The van der Waals surface area contributed by atoms with Crippen molar-refractivity contribution in [2.75, 3.05) is 6.54 Å². The minimum absolute atomic E-state index is 0.0426. The van der Waals surface area contributed by atoms with Crippen LogP contribution in [0.5, 0.6) is 0 Å². The fourth-order valence-electron chi connectivity index (χ4n) is 1.24. The van der Waals surface area contributed by atoms with Gasteiger partial charge in [0.25, 0.3) is 11.7 Å². The van der Waals surface area contributed by atoms with Gasteiger partial charge < -0.3 is 5.32 Å². The average molecular weight is 221 g/mol. The number of aryl methyl sites for hydroxylation is 1. The van der Waals surface area contributed by atoms with Crippen LogP contribution in [0.25, 0.3) is 0 Å². The van der Waals surface area contributed by atoms with E-state index in [2.05, 4.69) is 31.0 Å². The van der Waals surface area contributed by atoms with Crippen molar-refractivity contribution in [3.8, 4) is 0 Å². The zero-order valence-corrected chi connectivity index (χ0v) is 8.71. The third-order valence-electron chi connectivity index (χ3n) is 1.98. The van der Waals surface area contributed by atoms with Gasteiger partial charge >= 0.3 is 0 Å². The molecule has 0 saturated heterocycles. The minimum Gasteiger partial charge on any atom is -0.349 e. The summed E-state index contributed by atoms with van der Waals surface area (Å²) >= 11 is 0. The molecule has 0 aliphatic carbocycles. The molecule has 16 heavy (non-hydrogen) atoms. The first-order chi connectivity index (χ1) is 7.75. The number of hydrogen-bond donors (Lipinski definition) is 2. The van der Waals surface area contributed by atoms with Crippen molar-refractivity contribution in [3.05, 3.63) is 23.8 Å². The minimum atomic E-state index is -0.343. The lowest BCUT2D eigenvalue weighted by Crippen LogP contribution is -2.26. The number of carbonyl (C=O) groups is 1. The molecule has 84 valence electrons. The molecule has 2 rings (SSSR count). The van der Waals surface area contributed by atoms with E-state index in [4.69, 9.17) is 0 Å². The molecule has 0 spiro atoms. The summed E-state index contributed by atoms with van der Waals surface area (Å²) in [5.74, 6) is -0.300. The van der Waals surface area contributed by atoms with Crippen LogP contribution < -0.4 is 5.32 Å². The summed E-state index contributed by atoms with van der Waals surface area (Å²) in [5, 5.41) is 19.5. The summed E-state index contributed by atoms with van der Waals surface area (Å²) in [6, 6.07) is 1.90. The molecule has 2 N–H and O–H groups in total. The van der Waals surface area contributed by atoms with E-state index in [-0.39, 0.29) is 11.7 Å². The molecule has 0 atom stereocenters. The predicted molar refractivity (Wildman–Crippen MR) is 53.4 cm³/mol. The lowest BCUT2D eigenvalue weighted by molar-refractivity contribution is 0.0944. The molecule has 0 unspecified atom stereocenters. The van der Waals surface area contributed by atoms with E-state index < -0.39 is 0 Å². The smallest absolute Gasteiger partial charge is 0.292 e. The summed E-state index contributed by atoms with van der Waals surface area (Å²) < 4.78 is 1.72. The maximum absolute atomic E-state index is 11.4. The number of aromatic nitrogens is 6. The van der Waals surface area contributed by atoms with Crippen molar-refractivity contribution in [3.63, 3.8) is 0 Å². The molecule has 2 aromatic rings. The molecule has 2 heterocycles. The van der Waals surface area contributed by atoms with Gasteiger partial charge in [0, 0.05) is 26.2 Å². The third kappa shape index (κ3) is 2.41. The summed E-state index contributed by atoms with van der Waals surface area (Å²) in [4.78, 5) is 11.4. The predicted octanol–water partition coefficient (Wildman–Crippen LogP) is -1.09. The SMILES string of the molecule is Cn1ccc(CCNC(=O)c2nn[nH]n2)n1. The first kappa shape index (κ1) is 10.3. The van der Waals surface area contributed by atoms with Crippen molar-refractivity contribution in [2.24, 2.45) is 7.05 Å². The van der Waals surface area contributed by atoms with E-state index in [1.807, 2.05) is 19.3 Å². The van der Waals surface area contributed by atoms with Crippen LogP contribution in [0.3, 0.4) is 0 Å². The van der Waals surface area contributed by atoms with Crippen LogP contribution >= 0.6 is 0 Å². The van der Waals surface area contributed by atoms with Crippen molar-refractivity contribution < 1.29 is 4.79 Å². The summed E-state index contributed by atoms with van der Waals surface area (Å²) in [6.45, 7) is 0.490. The molecule has 0 aliphatic rings. The van der Waals surface area contributed by atoms with Crippen LogP contribution in [-0.2, 0) is 13.5 Å². The van der Waals surface area contributed by atoms with E-state index in [0.29, 0.717) is 13.0 Å². The van der Waals surface area contributed by atoms with Crippen LogP contribution in [0, 0.1) is 0 Å². The van der Waals surface area contributed by atoms with Crippen molar-refractivity contribution in [1.82, 2.24) is 35.7 Å². The van der Waals surface area contributed by atoms with Gasteiger partial charge in [-0.15, -0.1) is 10.2 Å². The number of tetrazole rings is 1. The maximum atomic E-state index is 11.4. The second-order valence-corrected chi connectivity index (χ2v) is 3.22. The highest BCUT2D eigenvalue weighted by Gasteiger charge is 2.09. The van der Waals surface area contributed by atoms with Gasteiger partial charge in [0.05, 0.1) is 5.69 Å². The van der Waals surface area contributed by atoms with Gasteiger partial charge in [-0.1, -0.05) is 0 Å². The Bertz CT molecular complexity index is 460. The Hall–Kier alpha value is -2.25. The van der Waals surface area contributed by atoms with E-state index in [9.17, 15) is 4.79 Å². The Morgan fingerprint density at radius 1 is 1.62 bits per heavy atom. The second kappa shape index (κ2) is 4.51. The normalized spacial score (nSPS) is 10.3. The van der Waals surface area contributed by atoms with E-state index in [1.54, 1.807) is 4.68 Å². The summed E-state index contributed by atoms with van der Waals surface area (Å²) in [5.41, 5.74) is 0.927. The highest BCUT2D eigenvalue weighted by Crippen LogP contribution is 1.94. The zero-order chi connectivity index (χ0) is 11.4. The molecule has 2 aromatic heterocycles. The Morgan fingerprint density at radius 3 is 3.12 bits per heavy atom. The second-order valence-electron chi connectivity index (χ2n) is 3.22. The Balaban J connectivity index is 1.78. The van der Waals surface area contributed by atoms with Gasteiger partial charge in [0.1, 0.15) is 0 Å². The molecule has 0 fully saturated rings. The topological polar surface area (TPSA) is 101 Å². The largest absolute Gasteiger partial charge is 0.349 e. The number of nitrogens with zero attached hydrogens (tertiary/aromatic N) is 5. The van der Waals surface area contributed by atoms with Gasteiger partial charge in [-0.25, -0.2) is 0 Å². The fourth-order valence-corrected chi connectivity index (χ4v) is 1.24. The fraction of sp³-hybridized carbons (Fsp3) is 0.375. The molecule has 0 aliphatic heterocycles. The molecule has 0 saturated carbocycles. The Morgan fingerprint density at radius 2 is 2.50 bits per heavy atom. The quantitative estimate of drug-likeness (QED) is 0.682. The van der Waals surface area contributed by atoms with Crippen molar-refractivity contribution >= 4 is 5.91 Å². The van der Waals surface area contributed by atoms with Crippen LogP contribution in [0.15, 0.2) is 12.3 Å². The van der Waals surface area contributed by atoms with Gasteiger partial charge in [-0.3, -0.25) is 9.48 Å². The van der Waals surface area contributed by atoms with Crippen molar-refractivity contribution in [2.45, 2.75) is 6.42 Å². The highest BCUT2D eigenvalue weighted by molar-refractivity contribution is 5.89. The number of H-pyrrole nitrogens is 1. The van der Waals surface area contributed by atoms with E-state index in [0.717, 1.165) is 5.69 Å². The number of amides is 1. The number of aromatic amines is 1. The third-order valence-corrected chi connectivity index (χ3v) is 1.98. The first-order valence-corrected chi connectivity index (χ1v) is 4.76. The molecular formula is C8H11N7O. The van der Waals surface area contributed by atoms with Crippen LogP contribution in [-0.4, -0.2) is 42.9 Å². The molecule has 0 aromatic carbocycles. The van der Waals surface area contributed by atoms with Crippen LogP contribution in [0.2, 0.25) is 0 Å². The number of carbonyl (C=O) groups excluding carboxylic acids is 1. The van der Waals surface area contributed by atoms with E-state index >= 15 is 0 Å². The standard InChI is InChI=1S/C8H11N7O/c1-15-5-3-6(12-15)2-4-9-8(16)7-10-13-14-11-7/h3,5H,2,4H2,1H3,(H,9,16)(H,10,11,13,14). The Kier molecular flexibility index (Phi) is 2.90. The van der Waals surface area contributed by atoms with Crippen LogP contribution in [0.4, 0.5) is 0 Å². The Labute approximate surface area is 91.0 Å². The van der Waals surface area contributed by atoms with Gasteiger partial charge in [0.2, 0.25) is 0 Å². The lowest BCUT2D eigenvalue weighted by atomic mass is 10.3. The molecular weight excluding hydrogens is 210 g/mol. The first-order valence-electron chi connectivity index (χ1n) is 4.76. The van der Waals surface area contributed by atoms with Crippen molar-refractivity contribution in [1.29, 1.82) is 0 Å². The number of hydrogen-bond acceptors (Lipinski definition) is 5. The maximum Gasteiger partial charge on any atom is 0.292 e. The number of nitrogens with one attached hydrogen (secondary N) is 2. The van der Waals surface area contributed by atoms with E-state index in [1.165, 1.54) is 0 Å². The number of rotatable bonds is 4. The monoisotopic (exact) mass is 221 g/mol. The molecule has 8 heteroatoms. The van der Waals surface area contributed by atoms with Gasteiger partial charge in [-0.05, 0) is 11.3 Å². The average Bonchev–Trinajstić information content (AvgIpc) is 2.89.